The van der Waals surface area contributed by atoms with Gasteiger partial charge >= 0.3 is 0 Å². The maximum atomic E-state index is 9.48. The Bertz CT molecular complexity index is 484. The molecule has 0 amide bonds. The molecule has 84 valence electrons. The van der Waals surface area contributed by atoms with E-state index in [0.29, 0.717) is 0 Å². The van der Waals surface area contributed by atoms with Crippen LogP contribution in [-0.2, 0) is 0 Å². The van der Waals surface area contributed by atoms with E-state index in [1.165, 1.54) is 0 Å². The lowest BCUT2D eigenvalue weighted by Crippen LogP contribution is -2.29. The topological polar surface area (TPSA) is 66.5 Å². The molecule has 3 heteroatoms. The Kier molecular flexibility index (Phi) is 3.19. The van der Waals surface area contributed by atoms with Gasteiger partial charge in [-0.3, -0.25) is 0 Å². The van der Waals surface area contributed by atoms with Crippen LogP contribution in [0.15, 0.2) is 42.5 Å². The van der Waals surface area contributed by atoms with Crippen molar-refractivity contribution in [3.63, 3.8) is 0 Å². The van der Waals surface area contributed by atoms with E-state index in [1.54, 1.807) is 0 Å². The molecule has 2 aromatic rings. The second-order valence-electron chi connectivity index (χ2n) is 3.88. The summed E-state index contributed by atoms with van der Waals surface area (Å²) < 4.78 is 0. The Morgan fingerprint density at radius 2 is 1.75 bits per heavy atom. The Labute approximate surface area is 94.1 Å². The summed E-state index contributed by atoms with van der Waals surface area (Å²) in [6.45, 7) is -0.325. The second-order valence-corrected chi connectivity index (χ2v) is 3.88. The predicted octanol–water partition coefficient (Wildman–Crippen LogP) is 1.19. The van der Waals surface area contributed by atoms with Gasteiger partial charge in [-0.25, -0.2) is 0 Å². The van der Waals surface area contributed by atoms with Crippen molar-refractivity contribution in [3.8, 4) is 0 Å². The number of aliphatic hydroxyl groups excluding tert-OH is 2. The van der Waals surface area contributed by atoms with Crippen molar-refractivity contribution in [1.82, 2.24) is 0 Å². The fourth-order valence-corrected chi connectivity index (χ4v) is 1.75. The van der Waals surface area contributed by atoms with Crippen LogP contribution < -0.4 is 5.73 Å². The molecule has 3 nitrogen and oxygen atoms in total. The molecule has 4 N–H and O–H groups in total. The van der Waals surface area contributed by atoms with Crippen LogP contribution in [0.25, 0.3) is 10.8 Å². The number of hydrogen-bond donors (Lipinski definition) is 3. The molecule has 0 aromatic heterocycles. The molecule has 0 spiro atoms. The summed E-state index contributed by atoms with van der Waals surface area (Å²) in [5.41, 5.74) is 6.66. The highest BCUT2D eigenvalue weighted by atomic mass is 16.3. The van der Waals surface area contributed by atoms with Crippen LogP contribution in [0.1, 0.15) is 11.6 Å². The minimum atomic E-state index is -0.916. The van der Waals surface area contributed by atoms with Crippen LogP contribution in [0.4, 0.5) is 0 Å². The number of benzene rings is 2. The summed E-state index contributed by atoms with van der Waals surface area (Å²) >= 11 is 0. The first kappa shape index (κ1) is 11.1. The van der Waals surface area contributed by atoms with Crippen LogP contribution in [0.2, 0.25) is 0 Å². The summed E-state index contributed by atoms with van der Waals surface area (Å²) in [4.78, 5) is 0. The first-order chi connectivity index (χ1) is 7.72. The molecule has 1 unspecified atom stereocenters. The summed E-state index contributed by atoms with van der Waals surface area (Å²) in [6.07, 6.45) is -0.916. The molecule has 0 saturated heterocycles. The zero-order valence-corrected chi connectivity index (χ0v) is 8.88. The Hall–Kier alpha value is -1.42. The highest BCUT2D eigenvalue weighted by Gasteiger charge is 2.15. The first-order valence-corrected chi connectivity index (χ1v) is 5.25. The fourth-order valence-electron chi connectivity index (χ4n) is 1.75. The van der Waals surface area contributed by atoms with Crippen LogP contribution in [0.5, 0.6) is 0 Å². The van der Waals surface area contributed by atoms with Crippen LogP contribution in [0.3, 0.4) is 0 Å². The molecular formula is C13H15NO2. The molecule has 0 fully saturated rings. The van der Waals surface area contributed by atoms with E-state index in [0.717, 1.165) is 16.3 Å². The van der Waals surface area contributed by atoms with E-state index in [2.05, 4.69) is 0 Å². The zero-order chi connectivity index (χ0) is 11.5. The minimum Gasteiger partial charge on any atom is -0.394 e. The van der Waals surface area contributed by atoms with Gasteiger partial charge < -0.3 is 15.9 Å². The first-order valence-electron chi connectivity index (χ1n) is 5.25. The van der Waals surface area contributed by atoms with Crippen molar-refractivity contribution in [2.45, 2.75) is 12.1 Å². The third-order valence-corrected chi connectivity index (χ3v) is 2.76. The van der Waals surface area contributed by atoms with Crippen LogP contribution in [0, 0.1) is 0 Å². The molecule has 0 bridgehead atoms. The Morgan fingerprint density at radius 1 is 1.06 bits per heavy atom. The van der Waals surface area contributed by atoms with Gasteiger partial charge in [-0.1, -0.05) is 36.4 Å². The number of nitrogens with two attached hydrogens (primary N) is 1. The van der Waals surface area contributed by atoms with Crippen molar-refractivity contribution >= 4 is 10.8 Å². The molecule has 0 aliphatic carbocycles. The van der Waals surface area contributed by atoms with E-state index in [1.807, 2.05) is 42.5 Å². The maximum absolute atomic E-state index is 9.48. The highest BCUT2D eigenvalue weighted by molar-refractivity contribution is 5.83. The van der Waals surface area contributed by atoms with Crippen molar-refractivity contribution in [3.05, 3.63) is 48.0 Å². The predicted molar refractivity (Wildman–Crippen MR) is 64.0 cm³/mol. The van der Waals surface area contributed by atoms with E-state index >= 15 is 0 Å². The lowest BCUT2D eigenvalue weighted by atomic mass is 9.99. The number of aliphatic hydroxyl groups is 2. The van der Waals surface area contributed by atoms with Crippen molar-refractivity contribution in [1.29, 1.82) is 0 Å². The molecule has 0 heterocycles. The monoisotopic (exact) mass is 217 g/mol. The molecule has 2 aromatic carbocycles. The largest absolute Gasteiger partial charge is 0.394 e. The Morgan fingerprint density at radius 3 is 2.44 bits per heavy atom. The lowest BCUT2D eigenvalue weighted by molar-refractivity contribution is 0.0741. The lowest BCUT2D eigenvalue weighted by Gasteiger charge is -2.17. The van der Waals surface area contributed by atoms with Gasteiger partial charge in [0.15, 0.2) is 0 Å². The summed E-state index contributed by atoms with van der Waals surface area (Å²) in [5.74, 6) is 0. The third kappa shape index (κ3) is 2.07. The molecule has 2 atom stereocenters. The normalized spacial score (nSPS) is 14.9. The van der Waals surface area contributed by atoms with Gasteiger partial charge in [-0.2, -0.15) is 0 Å². The van der Waals surface area contributed by atoms with Crippen molar-refractivity contribution in [2.75, 3.05) is 6.61 Å². The third-order valence-electron chi connectivity index (χ3n) is 2.76. The van der Waals surface area contributed by atoms with Gasteiger partial charge in [0, 0.05) is 0 Å². The molecule has 0 radical (unpaired) electrons. The van der Waals surface area contributed by atoms with E-state index < -0.39 is 12.1 Å². The van der Waals surface area contributed by atoms with E-state index in [4.69, 9.17) is 10.8 Å². The van der Waals surface area contributed by atoms with Crippen LogP contribution >= 0.6 is 0 Å². The summed E-state index contributed by atoms with van der Waals surface area (Å²) in [6, 6.07) is 13.2. The van der Waals surface area contributed by atoms with Gasteiger partial charge in [0.1, 0.15) is 0 Å². The average Bonchev–Trinajstić information content (AvgIpc) is 2.36. The van der Waals surface area contributed by atoms with E-state index in [9.17, 15) is 5.11 Å². The standard InChI is InChI=1S/C13H15NO2/c14-13(12(16)8-15)11-6-5-9-3-1-2-4-10(9)7-11/h1-7,12-13,15-16H,8,14H2/t12?,13-/m1/s1. The molecule has 16 heavy (non-hydrogen) atoms. The van der Waals surface area contributed by atoms with Gasteiger partial charge in [0.05, 0.1) is 18.8 Å². The fraction of sp³-hybridized carbons (Fsp3) is 0.231. The summed E-state index contributed by atoms with van der Waals surface area (Å²) in [7, 11) is 0. The number of fused-ring (bicyclic) bond motifs is 1. The van der Waals surface area contributed by atoms with Crippen molar-refractivity contribution in [2.24, 2.45) is 5.73 Å². The van der Waals surface area contributed by atoms with Gasteiger partial charge in [-0.05, 0) is 22.4 Å². The Balaban J connectivity index is 2.39. The summed E-state index contributed by atoms with van der Waals surface area (Å²) in [5, 5.41) is 20.5. The highest BCUT2D eigenvalue weighted by Crippen LogP contribution is 2.20. The number of rotatable bonds is 3. The SMILES string of the molecule is N[C@H](c1ccc2ccccc2c1)C(O)CO. The second kappa shape index (κ2) is 4.61. The molecule has 0 saturated carbocycles. The molecular weight excluding hydrogens is 202 g/mol. The van der Waals surface area contributed by atoms with Gasteiger partial charge in [0.2, 0.25) is 0 Å². The molecule has 0 aliphatic heterocycles. The van der Waals surface area contributed by atoms with Crippen LogP contribution in [-0.4, -0.2) is 22.9 Å². The minimum absolute atomic E-state index is 0.325. The van der Waals surface area contributed by atoms with Crippen molar-refractivity contribution < 1.29 is 10.2 Å². The van der Waals surface area contributed by atoms with Gasteiger partial charge in [0.25, 0.3) is 0 Å². The molecule has 2 rings (SSSR count). The zero-order valence-electron chi connectivity index (χ0n) is 8.88. The number of hydrogen-bond acceptors (Lipinski definition) is 3. The average molecular weight is 217 g/mol. The molecule has 0 aliphatic rings. The maximum Gasteiger partial charge on any atom is 0.0962 e. The quantitative estimate of drug-likeness (QED) is 0.723. The van der Waals surface area contributed by atoms with Gasteiger partial charge in [-0.15, -0.1) is 0 Å². The van der Waals surface area contributed by atoms with E-state index in [-0.39, 0.29) is 6.61 Å². The smallest absolute Gasteiger partial charge is 0.0962 e.